The molecule has 0 aromatic carbocycles. The Morgan fingerprint density at radius 3 is 2.50 bits per heavy atom. The van der Waals surface area contributed by atoms with E-state index in [9.17, 15) is 4.79 Å². The molecule has 1 aliphatic carbocycles. The molecule has 0 amide bonds. The maximum atomic E-state index is 10.8. The van der Waals surface area contributed by atoms with Crippen LogP contribution >= 0.6 is 0 Å². The molecule has 0 fully saturated rings. The molecule has 0 N–H and O–H groups in total. The van der Waals surface area contributed by atoms with Crippen LogP contribution in [-0.4, -0.2) is 13.1 Å². The Kier molecular flexibility index (Phi) is 6.07. The van der Waals surface area contributed by atoms with Gasteiger partial charge in [0.1, 0.15) is 0 Å². The first-order valence-electron chi connectivity index (χ1n) is 4.29. The van der Waals surface area contributed by atoms with Crippen LogP contribution in [0.15, 0.2) is 23.8 Å². The Hall–Kier alpha value is -1.05. The third-order valence-electron chi connectivity index (χ3n) is 1.42. The summed E-state index contributed by atoms with van der Waals surface area (Å²) in [5, 5.41) is 0. The monoisotopic (exact) mass is 168 g/mol. The zero-order chi connectivity index (χ0) is 9.40. The smallest absolute Gasteiger partial charge is 0.337 e. The van der Waals surface area contributed by atoms with Gasteiger partial charge in [-0.3, -0.25) is 0 Å². The molecule has 68 valence electrons. The van der Waals surface area contributed by atoms with Gasteiger partial charge >= 0.3 is 5.97 Å². The summed E-state index contributed by atoms with van der Waals surface area (Å²) < 4.78 is 4.53. The highest BCUT2D eigenvalue weighted by molar-refractivity contribution is 5.91. The van der Waals surface area contributed by atoms with Crippen LogP contribution in [0.4, 0.5) is 0 Å². The Balaban J connectivity index is 0.000000561. The van der Waals surface area contributed by atoms with Crippen molar-refractivity contribution in [3.05, 3.63) is 23.8 Å². The molecule has 0 heterocycles. The predicted molar refractivity (Wildman–Crippen MR) is 49.8 cm³/mol. The summed E-state index contributed by atoms with van der Waals surface area (Å²) in [6, 6.07) is 0. The molecule has 0 saturated heterocycles. The van der Waals surface area contributed by atoms with Gasteiger partial charge < -0.3 is 4.74 Å². The first-order valence-corrected chi connectivity index (χ1v) is 4.29. The second-order valence-corrected chi connectivity index (χ2v) is 2.13. The largest absolute Gasteiger partial charge is 0.465 e. The van der Waals surface area contributed by atoms with E-state index in [-0.39, 0.29) is 5.97 Å². The number of hydrogen-bond acceptors (Lipinski definition) is 2. The van der Waals surface area contributed by atoms with Crippen molar-refractivity contribution in [2.24, 2.45) is 0 Å². The summed E-state index contributed by atoms with van der Waals surface area (Å²) in [4.78, 5) is 10.8. The van der Waals surface area contributed by atoms with Crippen molar-refractivity contribution < 1.29 is 9.53 Å². The lowest BCUT2D eigenvalue weighted by molar-refractivity contribution is -0.135. The summed E-state index contributed by atoms with van der Waals surface area (Å²) in [5.74, 6) is -0.240. The van der Waals surface area contributed by atoms with Crippen molar-refractivity contribution in [3.63, 3.8) is 0 Å². The van der Waals surface area contributed by atoms with Gasteiger partial charge in [-0.25, -0.2) is 4.79 Å². The van der Waals surface area contributed by atoms with E-state index in [1.54, 1.807) is 6.08 Å². The summed E-state index contributed by atoms with van der Waals surface area (Å²) >= 11 is 0. The molecule has 2 nitrogen and oxygen atoms in total. The van der Waals surface area contributed by atoms with Crippen LogP contribution < -0.4 is 0 Å². The maximum absolute atomic E-state index is 10.8. The molecule has 0 aromatic rings. The lowest BCUT2D eigenvalue weighted by Gasteiger charge is -2.02. The minimum atomic E-state index is -0.240. The number of carbonyl (C=O) groups excluding carboxylic acids is 1. The molecule has 0 saturated carbocycles. The molecular formula is C10H16O2. The van der Waals surface area contributed by atoms with E-state index in [1.165, 1.54) is 7.11 Å². The molecule has 0 aliphatic heterocycles. The summed E-state index contributed by atoms with van der Waals surface area (Å²) in [6.07, 6.45) is 7.65. The predicted octanol–water partition coefficient (Wildman–Crippen LogP) is 2.46. The quantitative estimate of drug-likeness (QED) is 0.562. The van der Waals surface area contributed by atoms with E-state index < -0.39 is 0 Å². The van der Waals surface area contributed by atoms with Gasteiger partial charge in [0.25, 0.3) is 0 Å². The van der Waals surface area contributed by atoms with Gasteiger partial charge in [-0.05, 0) is 12.8 Å². The summed E-state index contributed by atoms with van der Waals surface area (Å²) in [6.45, 7) is 4.00. The van der Waals surface area contributed by atoms with E-state index in [2.05, 4.69) is 4.74 Å². The Morgan fingerprint density at radius 1 is 1.42 bits per heavy atom. The summed E-state index contributed by atoms with van der Waals surface area (Å²) in [5.41, 5.74) is 0.675. The van der Waals surface area contributed by atoms with Crippen LogP contribution in [0.2, 0.25) is 0 Å². The van der Waals surface area contributed by atoms with Gasteiger partial charge in [-0.15, -0.1) is 0 Å². The minimum absolute atomic E-state index is 0.240. The highest BCUT2D eigenvalue weighted by Crippen LogP contribution is 2.09. The molecule has 1 rings (SSSR count). The zero-order valence-corrected chi connectivity index (χ0v) is 7.96. The summed E-state index contributed by atoms with van der Waals surface area (Å²) in [7, 11) is 1.39. The second kappa shape index (κ2) is 6.65. The normalized spacial score (nSPS) is 14.1. The van der Waals surface area contributed by atoms with Crippen molar-refractivity contribution in [2.45, 2.75) is 26.7 Å². The van der Waals surface area contributed by atoms with Gasteiger partial charge in [-0.1, -0.05) is 32.1 Å². The molecular weight excluding hydrogens is 152 g/mol. The first-order chi connectivity index (χ1) is 5.84. The lowest BCUT2D eigenvalue weighted by Crippen LogP contribution is -2.03. The number of hydrogen-bond donors (Lipinski definition) is 0. The van der Waals surface area contributed by atoms with Crippen molar-refractivity contribution >= 4 is 5.97 Å². The maximum Gasteiger partial charge on any atom is 0.337 e. The van der Waals surface area contributed by atoms with E-state index in [0.717, 1.165) is 12.8 Å². The number of allylic oxidation sites excluding steroid dienone is 2. The Labute approximate surface area is 73.9 Å². The fraction of sp³-hybridized carbons (Fsp3) is 0.500. The molecule has 2 heteroatoms. The van der Waals surface area contributed by atoms with Gasteiger partial charge in [-0.2, -0.15) is 0 Å². The minimum Gasteiger partial charge on any atom is -0.465 e. The third-order valence-corrected chi connectivity index (χ3v) is 1.42. The van der Waals surface area contributed by atoms with E-state index >= 15 is 0 Å². The van der Waals surface area contributed by atoms with Crippen LogP contribution in [0.3, 0.4) is 0 Å². The second-order valence-electron chi connectivity index (χ2n) is 2.13. The van der Waals surface area contributed by atoms with Gasteiger partial charge in [0, 0.05) is 0 Å². The lowest BCUT2D eigenvalue weighted by atomic mass is 10.1. The van der Waals surface area contributed by atoms with E-state index in [4.69, 9.17) is 0 Å². The number of methoxy groups -OCH3 is 1. The molecule has 1 aliphatic rings. The fourth-order valence-electron chi connectivity index (χ4n) is 0.883. The average molecular weight is 168 g/mol. The van der Waals surface area contributed by atoms with Crippen LogP contribution in [0, 0.1) is 0 Å². The number of ether oxygens (including phenoxy) is 1. The standard InChI is InChI=1S/C8H10O2.C2H6/c1-10-8(9)7-5-3-2-4-6-7;1-2/h3,5-6H,2,4H2,1H3;1-2H3. The molecule has 0 spiro atoms. The van der Waals surface area contributed by atoms with Gasteiger partial charge in [0.15, 0.2) is 0 Å². The van der Waals surface area contributed by atoms with Crippen molar-refractivity contribution in [2.75, 3.05) is 7.11 Å². The number of carbonyl (C=O) groups is 1. The molecule has 0 bridgehead atoms. The molecule has 0 atom stereocenters. The van der Waals surface area contributed by atoms with Gasteiger partial charge in [0.2, 0.25) is 0 Å². The van der Waals surface area contributed by atoms with Crippen molar-refractivity contribution in [3.8, 4) is 0 Å². The highest BCUT2D eigenvalue weighted by Gasteiger charge is 2.06. The molecule has 0 unspecified atom stereocenters. The Bertz CT molecular complexity index is 190. The Morgan fingerprint density at radius 2 is 2.08 bits per heavy atom. The van der Waals surface area contributed by atoms with Crippen LogP contribution in [0.5, 0.6) is 0 Å². The van der Waals surface area contributed by atoms with Crippen molar-refractivity contribution in [1.82, 2.24) is 0 Å². The average Bonchev–Trinajstić information content (AvgIpc) is 2.21. The van der Waals surface area contributed by atoms with Crippen LogP contribution in [0.25, 0.3) is 0 Å². The van der Waals surface area contributed by atoms with Crippen LogP contribution in [0.1, 0.15) is 26.7 Å². The third kappa shape index (κ3) is 3.37. The van der Waals surface area contributed by atoms with Gasteiger partial charge in [0.05, 0.1) is 12.7 Å². The number of esters is 1. The number of rotatable bonds is 1. The zero-order valence-electron chi connectivity index (χ0n) is 7.96. The molecule has 12 heavy (non-hydrogen) atoms. The fourth-order valence-corrected chi connectivity index (χ4v) is 0.883. The first kappa shape index (κ1) is 11.0. The topological polar surface area (TPSA) is 26.3 Å². The van der Waals surface area contributed by atoms with E-state index in [0.29, 0.717) is 5.57 Å². The SMILES string of the molecule is CC.COC(=O)C1=CCCC=C1. The van der Waals surface area contributed by atoms with Crippen LogP contribution in [-0.2, 0) is 9.53 Å². The highest BCUT2D eigenvalue weighted by atomic mass is 16.5. The molecule has 0 radical (unpaired) electrons. The molecule has 0 aromatic heterocycles. The van der Waals surface area contributed by atoms with Crippen molar-refractivity contribution in [1.29, 1.82) is 0 Å². The van der Waals surface area contributed by atoms with E-state index in [1.807, 2.05) is 26.0 Å².